The summed E-state index contributed by atoms with van der Waals surface area (Å²) in [6, 6.07) is 0. The van der Waals surface area contributed by atoms with Crippen molar-refractivity contribution in [1.29, 1.82) is 0 Å². The first-order valence-electron chi connectivity index (χ1n) is 13.5. The lowest BCUT2D eigenvalue weighted by molar-refractivity contribution is -0.259. The summed E-state index contributed by atoms with van der Waals surface area (Å²) in [4.78, 5) is 12.5. The van der Waals surface area contributed by atoms with Crippen LogP contribution in [0.5, 0.6) is 0 Å². The van der Waals surface area contributed by atoms with Crippen molar-refractivity contribution in [1.82, 2.24) is 0 Å². The largest absolute Gasteiger partial charge is 0.462 e. The van der Waals surface area contributed by atoms with Gasteiger partial charge in [0.1, 0.15) is 6.10 Å². The molecule has 0 amide bonds. The number of allylic oxidation sites excluding steroid dienone is 1. The molecule has 0 spiro atoms. The Morgan fingerprint density at radius 3 is 2.32 bits per heavy atom. The molecule has 10 unspecified atom stereocenters. The summed E-state index contributed by atoms with van der Waals surface area (Å²) in [6.07, 6.45) is 9.83. The fourth-order valence-corrected chi connectivity index (χ4v) is 10.5. The van der Waals surface area contributed by atoms with Gasteiger partial charge in [0.25, 0.3) is 0 Å². The third kappa shape index (κ3) is 3.18. The molecule has 5 nitrogen and oxygen atoms in total. The summed E-state index contributed by atoms with van der Waals surface area (Å²) < 4.78 is 24.1. The first kappa shape index (κ1) is 24.8. The third-order valence-corrected chi connectivity index (χ3v) is 11.7. The van der Waals surface area contributed by atoms with Crippen LogP contribution in [0.15, 0.2) is 11.6 Å². The number of carbonyl (C=O) groups excluding carboxylic acids is 1. The summed E-state index contributed by atoms with van der Waals surface area (Å²) in [5, 5.41) is 0. The van der Waals surface area contributed by atoms with E-state index in [1.54, 1.807) is 21.1 Å². The Morgan fingerprint density at radius 1 is 0.971 bits per heavy atom. The average molecular weight is 475 g/mol. The van der Waals surface area contributed by atoms with Gasteiger partial charge in [-0.15, -0.1) is 0 Å². The van der Waals surface area contributed by atoms with Gasteiger partial charge in [-0.3, -0.25) is 4.79 Å². The van der Waals surface area contributed by atoms with E-state index in [4.69, 9.17) is 18.9 Å². The zero-order chi connectivity index (χ0) is 24.7. The fraction of sp³-hybridized carbons (Fsp3) is 0.897. The highest BCUT2D eigenvalue weighted by Gasteiger charge is 2.71. The van der Waals surface area contributed by atoms with Gasteiger partial charge < -0.3 is 18.9 Å². The number of esters is 1. The van der Waals surface area contributed by atoms with Crippen LogP contribution in [0.25, 0.3) is 0 Å². The number of fused-ring (bicyclic) bond motifs is 7. The van der Waals surface area contributed by atoms with Gasteiger partial charge in [0.2, 0.25) is 0 Å². The molecule has 0 radical (unpaired) electrons. The van der Waals surface area contributed by atoms with Crippen LogP contribution in [-0.4, -0.2) is 38.9 Å². The van der Waals surface area contributed by atoms with Crippen molar-refractivity contribution >= 4 is 5.97 Å². The summed E-state index contributed by atoms with van der Waals surface area (Å²) in [5.41, 5.74) is 1.75. The molecule has 5 heteroatoms. The van der Waals surface area contributed by atoms with Crippen molar-refractivity contribution in [2.45, 2.75) is 105 Å². The Kier molecular flexibility index (Phi) is 5.86. The van der Waals surface area contributed by atoms with Crippen LogP contribution in [0.3, 0.4) is 0 Å². The zero-order valence-corrected chi connectivity index (χ0v) is 22.6. The monoisotopic (exact) mass is 474 g/mol. The Labute approximate surface area is 206 Å². The average Bonchev–Trinajstić information content (AvgIpc) is 3.13. The van der Waals surface area contributed by atoms with Crippen molar-refractivity contribution in [2.24, 2.45) is 45.3 Å². The minimum Gasteiger partial charge on any atom is -0.462 e. The van der Waals surface area contributed by atoms with Gasteiger partial charge in [-0.25, -0.2) is 0 Å². The quantitative estimate of drug-likeness (QED) is 0.365. The first-order chi connectivity index (χ1) is 15.9. The maximum absolute atomic E-state index is 12.5. The van der Waals surface area contributed by atoms with E-state index in [-0.39, 0.29) is 46.8 Å². The summed E-state index contributed by atoms with van der Waals surface area (Å²) in [5.74, 6) is 1.51. The Balaban J connectivity index is 1.63. The lowest BCUT2D eigenvalue weighted by Gasteiger charge is -2.70. The lowest BCUT2D eigenvalue weighted by atomic mass is 9.34. The topological polar surface area (TPSA) is 54.0 Å². The lowest BCUT2D eigenvalue weighted by Crippen LogP contribution is -2.67. The number of hydrogen-bond acceptors (Lipinski definition) is 5. The van der Waals surface area contributed by atoms with Crippen molar-refractivity contribution in [3.05, 3.63) is 11.6 Å². The van der Waals surface area contributed by atoms with Crippen LogP contribution in [0, 0.1) is 45.3 Å². The Morgan fingerprint density at radius 2 is 1.68 bits per heavy atom. The van der Waals surface area contributed by atoms with Crippen LogP contribution >= 0.6 is 0 Å². The predicted octanol–water partition coefficient (Wildman–Crippen LogP) is 6.11. The standard InChI is InChI=1S/C29H46O5/c1-17(30)33-22-16-21-27(4)14-9-13-26(2,3)19(27)12-15-28(21,5)20-11-10-18-23(29(20,22)6)25(32-8)34-24(18)31-7/h10,19-25H,9,11-16H2,1-8H3. The number of hydrogen-bond donors (Lipinski definition) is 0. The van der Waals surface area contributed by atoms with Crippen LogP contribution in [0.4, 0.5) is 0 Å². The smallest absolute Gasteiger partial charge is 0.302 e. The Hall–Kier alpha value is -0.910. The molecule has 192 valence electrons. The third-order valence-electron chi connectivity index (χ3n) is 11.7. The highest BCUT2D eigenvalue weighted by atomic mass is 16.8. The Bertz CT molecular complexity index is 865. The predicted molar refractivity (Wildman–Crippen MR) is 131 cm³/mol. The molecular weight excluding hydrogens is 428 g/mol. The highest BCUT2D eigenvalue weighted by Crippen LogP contribution is 2.74. The first-order valence-corrected chi connectivity index (χ1v) is 13.5. The molecule has 0 aromatic heterocycles. The molecule has 0 aromatic carbocycles. The molecule has 4 fully saturated rings. The molecule has 34 heavy (non-hydrogen) atoms. The van der Waals surface area contributed by atoms with Gasteiger partial charge in [-0.2, -0.15) is 0 Å². The van der Waals surface area contributed by atoms with Gasteiger partial charge in [0, 0.05) is 32.5 Å². The molecule has 5 rings (SSSR count). The number of carbonyl (C=O) groups is 1. The second-order valence-corrected chi connectivity index (χ2v) is 13.5. The van der Waals surface area contributed by atoms with E-state index in [9.17, 15) is 4.79 Å². The SMILES string of the molecule is COC1OC(OC)C2C1=CCC1C3(C)CCC4C(C)(C)CCCC4(C)C3CC(OC(C)=O)C21C. The van der Waals surface area contributed by atoms with Crippen LogP contribution in [0.2, 0.25) is 0 Å². The van der Waals surface area contributed by atoms with Gasteiger partial charge in [-0.05, 0) is 78.1 Å². The van der Waals surface area contributed by atoms with Gasteiger partial charge in [-0.1, -0.05) is 47.1 Å². The maximum atomic E-state index is 12.5. The molecule has 1 aliphatic heterocycles. The fourth-order valence-electron chi connectivity index (χ4n) is 10.5. The minimum atomic E-state index is -0.386. The molecule has 4 aliphatic carbocycles. The molecule has 3 saturated carbocycles. The van der Waals surface area contributed by atoms with E-state index in [1.165, 1.54) is 37.7 Å². The summed E-state index contributed by atoms with van der Waals surface area (Å²) in [6.45, 7) is 14.1. The summed E-state index contributed by atoms with van der Waals surface area (Å²) in [7, 11) is 3.42. The molecule has 0 bridgehead atoms. The van der Waals surface area contributed by atoms with Gasteiger partial charge >= 0.3 is 5.97 Å². The van der Waals surface area contributed by atoms with Crippen LogP contribution in [0.1, 0.15) is 86.5 Å². The van der Waals surface area contributed by atoms with Crippen molar-refractivity contribution < 1.29 is 23.7 Å². The summed E-state index contributed by atoms with van der Waals surface area (Å²) >= 11 is 0. The van der Waals surface area contributed by atoms with E-state index < -0.39 is 0 Å². The van der Waals surface area contributed by atoms with E-state index in [0.29, 0.717) is 17.3 Å². The van der Waals surface area contributed by atoms with Crippen molar-refractivity contribution in [3.8, 4) is 0 Å². The molecule has 0 aromatic rings. The molecule has 0 N–H and O–H groups in total. The number of rotatable bonds is 3. The molecular formula is C29H46O5. The zero-order valence-electron chi connectivity index (χ0n) is 22.6. The van der Waals surface area contributed by atoms with Gasteiger partial charge in [0.05, 0.1) is 0 Å². The normalized spacial score (nSPS) is 51.4. The maximum Gasteiger partial charge on any atom is 0.302 e. The second-order valence-electron chi connectivity index (χ2n) is 13.5. The van der Waals surface area contributed by atoms with E-state index >= 15 is 0 Å². The molecule has 10 atom stereocenters. The van der Waals surface area contributed by atoms with E-state index in [2.05, 4.69) is 40.7 Å². The minimum absolute atomic E-state index is 0.0247. The number of methoxy groups -OCH3 is 2. The van der Waals surface area contributed by atoms with Crippen molar-refractivity contribution in [2.75, 3.05) is 14.2 Å². The molecule has 1 saturated heterocycles. The second kappa shape index (κ2) is 8.05. The van der Waals surface area contributed by atoms with E-state index in [1.807, 2.05) is 0 Å². The van der Waals surface area contributed by atoms with Gasteiger partial charge in [0.15, 0.2) is 12.6 Å². The van der Waals surface area contributed by atoms with E-state index in [0.717, 1.165) is 18.8 Å². The van der Waals surface area contributed by atoms with Crippen LogP contribution < -0.4 is 0 Å². The van der Waals surface area contributed by atoms with Crippen molar-refractivity contribution in [3.63, 3.8) is 0 Å². The van der Waals surface area contributed by atoms with Crippen LogP contribution in [-0.2, 0) is 23.7 Å². The highest BCUT2D eigenvalue weighted by molar-refractivity contribution is 5.66. The molecule has 1 heterocycles. The number of ether oxygens (including phenoxy) is 4. The molecule has 5 aliphatic rings.